The van der Waals surface area contributed by atoms with Gasteiger partial charge in [0.25, 0.3) is 0 Å². The second kappa shape index (κ2) is 7.15. The summed E-state index contributed by atoms with van der Waals surface area (Å²) in [6, 6.07) is 4.66. The van der Waals surface area contributed by atoms with Crippen LogP contribution in [0.25, 0.3) is 0 Å². The van der Waals surface area contributed by atoms with Gasteiger partial charge in [0.1, 0.15) is 11.4 Å². The Morgan fingerprint density at radius 1 is 1.32 bits per heavy atom. The summed E-state index contributed by atoms with van der Waals surface area (Å²) < 4.78 is 10.5. The number of ether oxygens (including phenoxy) is 2. The lowest BCUT2D eigenvalue weighted by molar-refractivity contribution is -0.137. The smallest absolute Gasteiger partial charge is 0.408 e. The molecule has 0 aromatic heterocycles. The highest BCUT2D eigenvalue weighted by atomic mass is 16.6. The monoisotopic (exact) mass is 309 g/mol. The van der Waals surface area contributed by atoms with Crippen LogP contribution in [0.1, 0.15) is 44.4 Å². The van der Waals surface area contributed by atoms with Crippen molar-refractivity contribution in [1.29, 1.82) is 0 Å². The zero-order valence-electron chi connectivity index (χ0n) is 13.6. The van der Waals surface area contributed by atoms with Gasteiger partial charge in [0, 0.05) is 5.56 Å². The number of amides is 1. The topological polar surface area (TPSA) is 84.9 Å². The van der Waals surface area contributed by atoms with E-state index in [0.29, 0.717) is 11.3 Å². The van der Waals surface area contributed by atoms with Crippen molar-refractivity contribution < 1.29 is 24.2 Å². The van der Waals surface area contributed by atoms with Crippen LogP contribution in [0.3, 0.4) is 0 Å². The molecule has 0 unspecified atom stereocenters. The minimum atomic E-state index is -1.02. The number of carboxylic acids is 1. The summed E-state index contributed by atoms with van der Waals surface area (Å²) in [7, 11) is 1.50. The fraction of sp³-hybridized carbons (Fsp3) is 0.500. The molecule has 1 atom stereocenters. The van der Waals surface area contributed by atoms with Crippen LogP contribution in [0.2, 0.25) is 0 Å². The lowest BCUT2D eigenvalue weighted by Gasteiger charge is -2.24. The predicted octanol–water partition coefficient (Wildman–Crippen LogP) is 3.04. The number of carboxylic acid groups (broad SMARTS) is 1. The summed E-state index contributed by atoms with van der Waals surface area (Å²) in [6.07, 6.45) is -0.929. The number of benzene rings is 1. The maximum atomic E-state index is 11.9. The van der Waals surface area contributed by atoms with Gasteiger partial charge in [-0.25, -0.2) is 4.79 Å². The van der Waals surface area contributed by atoms with Gasteiger partial charge < -0.3 is 19.9 Å². The Hall–Kier alpha value is -2.24. The largest absolute Gasteiger partial charge is 0.496 e. The molecule has 0 aliphatic rings. The number of aryl methyl sites for hydroxylation is 1. The number of methoxy groups -OCH3 is 1. The third-order valence-electron chi connectivity index (χ3n) is 2.83. The minimum Gasteiger partial charge on any atom is -0.496 e. The van der Waals surface area contributed by atoms with Crippen LogP contribution in [0.5, 0.6) is 5.75 Å². The summed E-state index contributed by atoms with van der Waals surface area (Å²) in [6.45, 7) is 7.11. The molecular weight excluding hydrogens is 286 g/mol. The van der Waals surface area contributed by atoms with E-state index in [1.807, 2.05) is 13.0 Å². The van der Waals surface area contributed by atoms with Crippen molar-refractivity contribution in [2.45, 2.75) is 45.8 Å². The summed E-state index contributed by atoms with van der Waals surface area (Å²) in [5.74, 6) is -0.502. The molecule has 6 nitrogen and oxygen atoms in total. The molecule has 0 saturated carbocycles. The number of hydrogen-bond acceptors (Lipinski definition) is 4. The fourth-order valence-corrected chi connectivity index (χ4v) is 1.99. The molecule has 1 rings (SSSR count). The maximum absolute atomic E-state index is 11.9. The van der Waals surface area contributed by atoms with Crippen LogP contribution in [0, 0.1) is 6.92 Å². The van der Waals surface area contributed by atoms with Gasteiger partial charge in [0.2, 0.25) is 0 Å². The first kappa shape index (κ1) is 17.8. The lowest BCUT2D eigenvalue weighted by atomic mass is 10.0. The van der Waals surface area contributed by atoms with Crippen molar-refractivity contribution >= 4 is 12.1 Å². The van der Waals surface area contributed by atoms with Gasteiger partial charge in [-0.2, -0.15) is 0 Å². The van der Waals surface area contributed by atoms with E-state index in [9.17, 15) is 9.59 Å². The first-order valence-electron chi connectivity index (χ1n) is 6.98. The van der Waals surface area contributed by atoms with Crippen molar-refractivity contribution in [2.24, 2.45) is 0 Å². The molecule has 0 heterocycles. The van der Waals surface area contributed by atoms with Gasteiger partial charge in [-0.3, -0.25) is 4.79 Å². The summed E-state index contributed by atoms with van der Waals surface area (Å²) in [4.78, 5) is 23.0. The van der Waals surface area contributed by atoms with Gasteiger partial charge in [-0.1, -0.05) is 17.7 Å². The Balaban J connectivity index is 3.05. The van der Waals surface area contributed by atoms with Crippen molar-refractivity contribution in [1.82, 2.24) is 5.32 Å². The van der Waals surface area contributed by atoms with Gasteiger partial charge in [-0.05, 0) is 33.8 Å². The SMILES string of the molecule is COc1ccc(C)cc1[C@@H](CC(=O)O)NC(=O)OC(C)(C)C. The average Bonchev–Trinajstić information content (AvgIpc) is 2.35. The van der Waals surface area contributed by atoms with E-state index in [4.69, 9.17) is 14.6 Å². The molecule has 6 heteroatoms. The van der Waals surface area contributed by atoms with Crippen LogP contribution in [0.15, 0.2) is 18.2 Å². The molecular formula is C16H23NO5. The van der Waals surface area contributed by atoms with Gasteiger partial charge in [0.05, 0.1) is 19.6 Å². The Morgan fingerprint density at radius 2 is 1.95 bits per heavy atom. The second-order valence-corrected chi connectivity index (χ2v) is 6.04. The van der Waals surface area contributed by atoms with Gasteiger partial charge in [-0.15, -0.1) is 0 Å². The molecule has 1 aromatic carbocycles. The van der Waals surface area contributed by atoms with Crippen LogP contribution in [-0.2, 0) is 9.53 Å². The number of alkyl carbamates (subject to hydrolysis) is 1. The summed E-state index contributed by atoms with van der Waals surface area (Å²) >= 11 is 0. The highest BCUT2D eigenvalue weighted by Gasteiger charge is 2.24. The molecule has 1 aromatic rings. The highest BCUT2D eigenvalue weighted by Crippen LogP contribution is 2.28. The van der Waals surface area contributed by atoms with Crippen molar-refractivity contribution in [3.63, 3.8) is 0 Å². The van der Waals surface area contributed by atoms with E-state index in [1.165, 1.54) is 7.11 Å². The van der Waals surface area contributed by atoms with Crippen LogP contribution in [-0.4, -0.2) is 29.9 Å². The molecule has 0 aliphatic heterocycles. The molecule has 122 valence electrons. The number of rotatable bonds is 5. The molecule has 0 spiro atoms. The zero-order chi connectivity index (χ0) is 16.9. The number of hydrogen-bond donors (Lipinski definition) is 2. The van der Waals surface area contributed by atoms with E-state index in [2.05, 4.69) is 5.32 Å². The van der Waals surface area contributed by atoms with Crippen molar-refractivity contribution in [3.8, 4) is 5.75 Å². The van der Waals surface area contributed by atoms with Gasteiger partial charge in [0.15, 0.2) is 0 Å². The number of carbonyl (C=O) groups excluding carboxylic acids is 1. The number of carbonyl (C=O) groups is 2. The van der Waals surface area contributed by atoms with Crippen LogP contribution >= 0.6 is 0 Å². The molecule has 22 heavy (non-hydrogen) atoms. The first-order chi connectivity index (χ1) is 10.1. The van der Waals surface area contributed by atoms with Crippen molar-refractivity contribution in [2.75, 3.05) is 7.11 Å². The first-order valence-corrected chi connectivity index (χ1v) is 6.98. The minimum absolute atomic E-state index is 0.265. The molecule has 0 bridgehead atoms. The number of aliphatic carboxylic acids is 1. The standard InChI is InChI=1S/C16H23NO5/c1-10-6-7-13(21-5)11(8-10)12(9-14(18)19)17-15(20)22-16(2,3)4/h6-8,12H,9H2,1-5H3,(H,17,20)(H,18,19)/t12-/m1/s1. The Bertz CT molecular complexity index is 548. The summed E-state index contributed by atoms with van der Waals surface area (Å²) in [5.41, 5.74) is 0.891. The molecule has 0 aliphatic carbocycles. The number of nitrogens with one attached hydrogen (secondary N) is 1. The Kier molecular flexibility index (Phi) is 5.79. The van der Waals surface area contributed by atoms with E-state index in [1.54, 1.807) is 32.9 Å². The normalized spacial score (nSPS) is 12.4. The third kappa shape index (κ3) is 5.63. The van der Waals surface area contributed by atoms with E-state index < -0.39 is 23.7 Å². The Morgan fingerprint density at radius 3 is 2.45 bits per heavy atom. The summed E-state index contributed by atoms with van der Waals surface area (Å²) in [5, 5.41) is 11.7. The predicted molar refractivity (Wildman–Crippen MR) is 82.1 cm³/mol. The van der Waals surface area contributed by atoms with E-state index in [0.717, 1.165) is 5.56 Å². The zero-order valence-corrected chi connectivity index (χ0v) is 13.6. The lowest BCUT2D eigenvalue weighted by Crippen LogP contribution is -2.36. The molecule has 0 radical (unpaired) electrons. The Labute approximate surface area is 130 Å². The molecule has 0 saturated heterocycles. The van der Waals surface area contributed by atoms with E-state index in [-0.39, 0.29) is 6.42 Å². The van der Waals surface area contributed by atoms with Gasteiger partial charge >= 0.3 is 12.1 Å². The fourth-order valence-electron chi connectivity index (χ4n) is 1.99. The average molecular weight is 309 g/mol. The quantitative estimate of drug-likeness (QED) is 0.873. The maximum Gasteiger partial charge on any atom is 0.408 e. The van der Waals surface area contributed by atoms with E-state index >= 15 is 0 Å². The van der Waals surface area contributed by atoms with Crippen LogP contribution < -0.4 is 10.1 Å². The molecule has 0 fully saturated rings. The second-order valence-electron chi connectivity index (χ2n) is 6.04. The highest BCUT2D eigenvalue weighted by molar-refractivity contribution is 5.72. The van der Waals surface area contributed by atoms with Crippen molar-refractivity contribution in [3.05, 3.63) is 29.3 Å². The van der Waals surface area contributed by atoms with Crippen LogP contribution in [0.4, 0.5) is 4.79 Å². The third-order valence-corrected chi connectivity index (χ3v) is 2.83. The molecule has 2 N–H and O–H groups in total. The molecule has 1 amide bonds.